The monoisotopic (exact) mass is 414 g/mol. The molecule has 0 heterocycles. The number of alkyl halides is 1. The Kier molecular flexibility index (Phi) is 5.19. The van der Waals surface area contributed by atoms with Gasteiger partial charge in [-0.3, -0.25) is 4.79 Å². The normalized spacial score (nSPS) is 43.3. The zero-order valence-electron chi connectivity index (χ0n) is 17.4. The van der Waals surface area contributed by atoms with Gasteiger partial charge in [-0.1, -0.05) is 30.3 Å². The second-order valence-electron chi connectivity index (χ2n) is 10.8. The molecule has 6 rings (SSSR count). The number of hydrogen-bond acceptors (Lipinski definition) is 2. The largest absolute Gasteiger partial charge is 0.353 e. The molecule has 0 spiro atoms. The number of amides is 1. The molecule has 4 heteroatoms. The van der Waals surface area contributed by atoms with E-state index < -0.39 is 0 Å². The van der Waals surface area contributed by atoms with Crippen molar-refractivity contribution in [2.75, 3.05) is 12.4 Å². The van der Waals surface area contributed by atoms with Gasteiger partial charge in [0.25, 0.3) is 0 Å². The van der Waals surface area contributed by atoms with Crippen LogP contribution in [0.5, 0.6) is 0 Å². The Morgan fingerprint density at radius 3 is 2.28 bits per heavy atom. The zero-order valence-corrected chi connectivity index (χ0v) is 18.2. The van der Waals surface area contributed by atoms with Crippen LogP contribution in [-0.2, 0) is 10.2 Å². The highest BCUT2D eigenvalue weighted by Gasteiger charge is 2.62. The third kappa shape index (κ3) is 3.43. The molecule has 5 aliphatic rings. The van der Waals surface area contributed by atoms with E-state index in [4.69, 9.17) is 17.3 Å². The van der Waals surface area contributed by atoms with E-state index in [1.54, 1.807) is 0 Å². The predicted octanol–water partition coefficient (Wildman–Crippen LogP) is 4.62. The summed E-state index contributed by atoms with van der Waals surface area (Å²) in [6.45, 7) is 0.787. The van der Waals surface area contributed by atoms with Gasteiger partial charge in [-0.2, -0.15) is 0 Å². The summed E-state index contributed by atoms with van der Waals surface area (Å²) in [5.41, 5.74) is 7.78. The molecular weight excluding hydrogens is 380 g/mol. The van der Waals surface area contributed by atoms with E-state index in [-0.39, 0.29) is 16.7 Å². The third-order valence-corrected chi connectivity index (χ3v) is 9.49. The maximum absolute atomic E-state index is 13.4. The van der Waals surface area contributed by atoms with Gasteiger partial charge in [0.1, 0.15) is 0 Å². The van der Waals surface area contributed by atoms with Gasteiger partial charge in [0.05, 0.1) is 0 Å². The van der Waals surface area contributed by atoms with E-state index in [1.807, 2.05) is 0 Å². The highest BCUT2D eigenvalue weighted by molar-refractivity contribution is 6.18. The van der Waals surface area contributed by atoms with Crippen LogP contribution in [0.2, 0.25) is 0 Å². The van der Waals surface area contributed by atoms with Gasteiger partial charge in [0.2, 0.25) is 5.91 Å². The number of halogens is 1. The number of benzene rings is 1. The maximum atomic E-state index is 13.4. The first-order valence-electron chi connectivity index (χ1n) is 11.7. The molecular formula is C25H35ClN2O. The summed E-state index contributed by atoms with van der Waals surface area (Å²) in [7, 11) is 0. The number of carbonyl (C=O) groups excluding carboxylic acids is 1. The van der Waals surface area contributed by atoms with Crippen molar-refractivity contribution in [2.24, 2.45) is 34.8 Å². The lowest BCUT2D eigenvalue weighted by Gasteiger charge is -2.64. The highest BCUT2D eigenvalue weighted by atomic mass is 35.5. The van der Waals surface area contributed by atoms with Crippen LogP contribution in [0.25, 0.3) is 0 Å². The predicted molar refractivity (Wildman–Crippen MR) is 118 cm³/mol. The number of carbonyl (C=O) groups is 1. The quantitative estimate of drug-likeness (QED) is 0.690. The molecule has 3 N–H and O–H groups in total. The lowest BCUT2D eigenvalue weighted by atomic mass is 9.40. The van der Waals surface area contributed by atoms with Crippen LogP contribution in [0.3, 0.4) is 0 Å². The molecule has 158 valence electrons. The second-order valence-corrected chi connectivity index (χ2v) is 11.0. The first-order chi connectivity index (χ1) is 14.1. The standard InChI is InChI=1S/C25H35ClN2O/c26-16-24-10-18-12-25(15-24,20-4-2-1-3-5-20)13-19(11-24)22(18)23(29)28-21-8-6-17(14-27)7-9-21/h1-5,17-19,21-22H,6-16,27H2,(H,28,29)/t17-,18?,19?,21-,22?,24?,25?. The smallest absolute Gasteiger partial charge is 0.223 e. The van der Waals surface area contributed by atoms with Gasteiger partial charge in [-0.05, 0) is 98.5 Å². The average Bonchev–Trinajstić information content (AvgIpc) is 2.74. The molecule has 1 aromatic rings. The van der Waals surface area contributed by atoms with Crippen molar-refractivity contribution in [1.29, 1.82) is 0 Å². The van der Waals surface area contributed by atoms with Crippen molar-refractivity contribution in [3.05, 3.63) is 35.9 Å². The fourth-order valence-electron chi connectivity index (χ4n) is 7.88. The molecule has 5 saturated carbocycles. The Balaban J connectivity index is 1.34. The van der Waals surface area contributed by atoms with Crippen LogP contribution in [0.1, 0.15) is 63.4 Å². The van der Waals surface area contributed by atoms with Gasteiger partial charge < -0.3 is 11.1 Å². The second kappa shape index (κ2) is 7.57. The third-order valence-electron chi connectivity index (χ3n) is 8.92. The van der Waals surface area contributed by atoms with E-state index in [9.17, 15) is 4.79 Å². The van der Waals surface area contributed by atoms with E-state index >= 15 is 0 Å². The minimum atomic E-state index is 0.190. The lowest BCUT2D eigenvalue weighted by molar-refractivity contribution is -0.148. The molecule has 29 heavy (non-hydrogen) atoms. The first kappa shape index (κ1) is 19.9. The van der Waals surface area contributed by atoms with Crippen molar-refractivity contribution in [1.82, 2.24) is 5.32 Å². The zero-order chi connectivity index (χ0) is 20.1. The molecule has 0 aliphatic heterocycles. The van der Waals surface area contributed by atoms with E-state index in [1.165, 1.54) is 12.0 Å². The number of nitrogens with two attached hydrogens (primary N) is 1. The number of hydrogen-bond donors (Lipinski definition) is 2. The Morgan fingerprint density at radius 2 is 1.69 bits per heavy atom. The molecule has 5 aliphatic carbocycles. The lowest BCUT2D eigenvalue weighted by Crippen LogP contribution is -2.61. The van der Waals surface area contributed by atoms with Crippen molar-refractivity contribution in [2.45, 2.75) is 69.2 Å². The van der Waals surface area contributed by atoms with Crippen LogP contribution in [0.4, 0.5) is 0 Å². The van der Waals surface area contributed by atoms with Crippen LogP contribution in [0.15, 0.2) is 30.3 Å². The summed E-state index contributed by atoms with van der Waals surface area (Å²) in [4.78, 5) is 13.4. The Labute approximate surface area is 180 Å². The highest BCUT2D eigenvalue weighted by Crippen LogP contribution is 2.67. The number of rotatable bonds is 5. The molecule has 3 nitrogen and oxygen atoms in total. The summed E-state index contributed by atoms with van der Waals surface area (Å²) >= 11 is 6.57. The molecule has 0 aromatic heterocycles. The van der Waals surface area contributed by atoms with Crippen LogP contribution < -0.4 is 11.1 Å². The summed E-state index contributed by atoms with van der Waals surface area (Å²) in [5, 5.41) is 3.46. The first-order valence-corrected chi connectivity index (χ1v) is 12.2. The molecule has 1 amide bonds. The van der Waals surface area contributed by atoms with Crippen LogP contribution in [0, 0.1) is 29.1 Å². The fourth-order valence-corrected chi connectivity index (χ4v) is 8.19. The fraction of sp³-hybridized carbons (Fsp3) is 0.720. The van der Waals surface area contributed by atoms with E-state index in [0.29, 0.717) is 29.7 Å². The van der Waals surface area contributed by atoms with Gasteiger partial charge >= 0.3 is 0 Å². The van der Waals surface area contributed by atoms with Crippen molar-refractivity contribution < 1.29 is 4.79 Å². The van der Waals surface area contributed by atoms with Gasteiger partial charge in [-0.25, -0.2) is 0 Å². The van der Waals surface area contributed by atoms with Gasteiger partial charge in [-0.15, -0.1) is 11.6 Å². The average molecular weight is 415 g/mol. The minimum Gasteiger partial charge on any atom is -0.353 e. The van der Waals surface area contributed by atoms with Crippen molar-refractivity contribution >= 4 is 17.5 Å². The summed E-state index contributed by atoms with van der Waals surface area (Å²) < 4.78 is 0. The van der Waals surface area contributed by atoms with Crippen LogP contribution in [-0.4, -0.2) is 24.4 Å². The molecule has 5 fully saturated rings. The molecule has 0 radical (unpaired) electrons. The summed E-state index contributed by atoms with van der Waals surface area (Å²) in [6.07, 6.45) is 10.3. The Hall–Kier alpha value is -1.06. The van der Waals surface area contributed by atoms with E-state index in [0.717, 1.165) is 63.8 Å². The topological polar surface area (TPSA) is 55.1 Å². The SMILES string of the molecule is NC[C@H]1CC[C@H](NC(=O)C2C3CC4(CCl)CC2CC(c2ccccc2)(C3)C4)CC1. The Bertz CT molecular complexity index is 726. The summed E-state index contributed by atoms with van der Waals surface area (Å²) in [6, 6.07) is 11.4. The van der Waals surface area contributed by atoms with Crippen molar-refractivity contribution in [3.8, 4) is 0 Å². The minimum absolute atomic E-state index is 0.190. The maximum Gasteiger partial charge on any atom is 0.223 e. The van der Waals surface area contributed by atoms with Crippen molar-refractivity contribution in [3.63, 3.8) is 0 Å². The van der Waals surface area contributed by atoms with E-state index in [2.05, 4.69) is 35.6 Å². The molecule has 1 aromatic carbocycles. The Morgan fingerprint density at radius 1 is 1.03 bits per heavy atom. The van der Waals surface area contributed by atoms with Crippen LogP contribution >= 0.6 is 11.6 Å². The molecule has 0 saturated heterocycles. The van der Waals surface area contributed by atoms with Gasteiger partial charge in [0, 0.05) is 17.8 Å². The molecule has 2 atom stereocenters. The number of nitrogens with one attached hydrogen (secondary N) is 1. The molecule has 2 unspecified atom stereocenters. The van der Waals surface area contributed by atoms with Gasteiger partial charge in [0.15, 0.2) is 0 Å². The molecule has 4 bridgehead atoms. The summed E-state index contributed by atoms with van der Waals surface area (Å²) in [5.74, 6) is 2.88.